The molecule has 17 heavy (non-hydrogen) atoms. The number of nitrogens with two attached hydrogens (primary N) is 1. The number of aromatic nitrogens is 1. The molecule has 0 saturated heterocycles. The van der Waals surface area contributed by atoms with Crippen molar-refractivity contribution < 1.29 is 9.94 Å². The molecule has 0 saturated carbocycles. The van der Waals surface area contributed by atoms with Gasteiger partial charge in [0.1, 0.15) is 12.4 Å². The highest BCUT2D eigenvalue weighted by molar-refractivity contribution is 5.80. The van der Waals surface area contributed by atoms with Crippen LogP contribution in [-0.4, -0.2) is 29.2 Å². The summed E-state index contributed by atoms with van der Waals surface area (Å²) in [5, 5.41) is 14.4. The lowest BCUT2D eigenvalue weighted by atomic mass is 10.1. The Morgan fingerprint density at radius 1 is 1.59 bits per heavy atom. The highest BCUT2D eigenvalue weighted by Crippen LogP contribution is 2.19. The van der Waals surface area contributed by atoms with Crippen molar-refractivity contribution in [3.8, 4) is 0 Å². The summed E-state index contributed by atoms with van der Waals surface area (Å²) < 4.78 is 5.26. The van der Waals surface area contributed by atoms with Crippen LogP contribution in [-0.2, 0) is 17.8 Å². The van der Waals surface area contributed by atoms with Gasteiger partial charge in [-0.2, -0.15) is 0 Å². The fourth-order valence-corrected chi connectivity index (χ4v) is 1.74. The van der Waals surface area contributed by atoms with Crippen molar-refractivity contribution in [1.29, 1.82) is 0 Å². The maximum atomic E-state index is 8.35. The zero-order valence-corrected chi connectivity index (χ0v) is 9.52. The van der Waals surface area contributed by atoms with Crippen LogP contribution in [0.3, 0.4) is 0 Å². The second kappa shape index (κ2) is 5.49. The number of hydrogen-bond acceptors (Lipinski definition) is 5. The predicted octanol–water partition coefficient (Wildman–Crippen LogP) is 0.703. The van der Waals surface area contributed by atoms with Crippen LogP contribution >= 0.6 is 0 Å². The molecule has 1 aliphatic rings. The van der Waals surface area contributed by atoms with E-state index < -0.39 is 0 Å². The van der Waals surface area contributed by atoms with Gasteiger partial charge in [0, 0.05) is 6.54 Å². The maximum absolute atomic E-state index is 8.35. The minimum absolute atomic E-state index is 0.0566. The molecule has 1 aromatic heterocycles. The number of hydrogen-bond donors (Lipinski definition) is 3. The van der Waals surface area contributed by atoms with E-state index in [1.165, 1.54) is 5.56 Å². The first-order valence-corrected chi connectivity index (χ1v) is 5.56. The van der Waals surface area contributed by atoms with E-state index in [1.807, 2.05) is 6.07 Å². The van der Waals surface area contributed by atoms with E-state index in [0.717, 1.165) is 30.9 Å². The van der Waals surface area contributed by atoms with E-state index in [-0.39, 0.29) is 12.4 Å². The molecule has 0 bridgehead atoms. The number of anilines is 1. The van der Waals surface area contributed by atoms with Crippen LogP contribution in [0.1, 0.15) is 17.7 Å². The summed E-state index contributed by atoms with van der Waals surface area (Å²) in [6.07, 6.45) is 2.22. The van der Waals surface area contributed by atoms with Gasteiger partial charge in [0.15, 0.2) is 5.84 Å². The van der Waals surface area contributed by atoms with Gasteiger partial charge in [-0.15, -0.1) is 0 Å². The lowest BCUT2D eigenvalue weighted by Gasteiger charge is -2.17. The molecule has 1 aromatic rings. The molecule has 6 nitrogen and oxygen atoms in total. The van der Waals surface area contributed by atoms with Crippen LogP contribution in [0, 0.1) is 0 Å². The number of fused-ring (bicyclic) bond motifs is 1. The van der Waals surface area contributed by atoms with E-state index in [0.29, 0.717) is 6.61 Å². The van der Waals surface area contributed by atoms with Gasteiger partial charge in [0.2, 0.25) is 0 Å². The number of rotatable bonds is 4. The van der Waals surface area contributed by atoms with E-state index in [2.05, 4.69) is 21.5 Å². The topological polar surface area (TPSA) is 92.8 Å². The third kappa shape index (κ3) is 3.07. The van der Waals surface area contributed by atoms with E-state index >= 15 is 0 Å². The van der Waals surface area contributed by atoms with Crippen LogP contribution in [0.15, 0.2) is 17.3 Å². The van der Waals surface area contributed by atoms with Gasteiger partial charge in [-0.05, 0) is 24.5 Å². The summed E-state index contributed by atoms with van der Waals surface area (Å²) in [6.45, 7) is 1.42. The summed E-state index contributed by atoms with van der Waals surface area (Å²) >= 11 is 0. The van der Waals surface area contributed by atoms with Gasteiger partial charge in [-0.3, -0.25) is 0 Å². The molecular formula is C11H16N4O2. The molecule has 0 aromatic carbocycles. The van der Waals surface area contributed by atoms with Crippen molar-refractivity contribution in [2.45, 2.75) is 19.4 Å². The van der Waals surface area contributed by atoms with Crippen molar-refractivity contribution in [3.05, 3.63) is 23.4 Å². The molecule has 0 amide bonds. The zero-order valence-electron chi connectivity index (χ0n) is 9.52. The summed E-state index contributed by atoms with van der Waals surface area (Å²) in [6, 6.07) is 4.01. The first-order valence-electron chi connectivity index (χ1n) is 5.56. The van der Waals surface area contributed by atoms with E-state index in [9.17, 15) is 0 Å². The number of amidine groups is 1. The van der Waals surface area contributed by atoms with Crippen LogP contribution in [0.2, 0.25) is 0 Å². The molecule has 1 aliphatic heterocycles. The fourth-order valence-electron chi connectivity index (χ4n) is 1.74. The average Bonchev–Trinajstić information content (AvgIpc) is 2.38. The highest BCUT2D eigenvalue weighted by atomic mass is 16.5. The lowest BCUT2D eigenvalue weighted by molar-refractivity contribution is 0.151. The van der Waals surface area contributed by atoms with Gasteiger partial charge in [-0.1, -0.05) is 11.2 Å². The average molecular weight is 236 g/mol. The first-order chi connectivity index (χ1) is 8.29. The second-order valence-corrected chi connectivity index (χ2v) is 3.92. The number of oxime groups is 1. The molecule has 6 heteroatoms. The molecule has 0 radical (unpaired) electrons. The smallest absolute Gasteiger partial charge is 0.165 e. The molecule has 0 spiro atoms. The largest absolute Gasteiger partial charge is 0.409 e. The molecule has 0 unspecified atom stereocenters. The second-order valence-electron chi connectivity index (χ2n) is 3.92. The molecule has 92 valence electrons. The highest BCUT2D eigenvalue weighted by Gasteiger charge is 2.10. The zero-order chi connectivity index (χ0) is 12.1. The van der Waals surface area contributed by atoms with Crippen molar-refractivity contribution in [2.75, 3.05) is 18.5 Å². The van der Waals surface area contributed by atoms with Gasteiger partial charge in [-0.25, -0.2) is 4.98 Å². The Balaban J connectivity index is 1.93. The summed E-state index contributed by atoms with van der Waals surface area (Å²) in [7, 11) is 0. The number of pyridine rings is 1. The number of nitrogens with zero attached hydrogens (tertiary/aromatic N) is 2. The summed E-state index contributed by atoms with van der Waals surface area (Å²) in [4.78, 5) is 4.46. The van der Waals surface area contributed by atoms with E-state index in [1.54, 1.807) is 0 Å². The SMILES string of the molecule is N/C(COCc1ccc2c(n1)NCCC2)=N/O. The minimum Gasteiger partial charge on any atom is -0.409 e. The molecule has 4 N–H and O–H groups in total. The molecule has 0 aliphatic carbocycles. The third-order valence-electron chi connectivity index (χ3n) is 2.58. The Kier molecular flexibility index (Phi) is 3.77. The maximum Gasteiger partial charge on any atom is 0.165 e. The lowest BCUT2D eigenvalue weighted by Crippen LogP contribution is -2.19. The van der Waals surface area contributed by atoms with Crippen molar-refractivity contribution in [2.24, 2.45) is 10.9 Å². The van der Waals surface area contributed by atoms with Gasteiger partial charge in [0.25, 0.3) is 0 Å². The Labute approximate surface area is 99.5 Å². The molecule has 2 heterocycles. The monoisotopic (exact) mass is 236 g/mol. The van der Waals surface area contributed by atoms with Crippen LogP contribution in [0.25, 0.3) is 0 Å². The van der Waals surface area contributed by atoms with Crippen molar-refractivity contribution >= 4 is 11.7 Å². The predicted molar refractivity (Wildman–Crippen MR) is 64.1 cm³/mol. The quantitative estimate of drug-likeness (QED) is 0.310. The molecule has 0 atom stereocenters. The van der Waals surface area contributed by atoms with Crippen molar-refractivity contribution in [3.63, 3.8) is 0 Å². The number of nitrogens with one attached hydrogen (secondary N) is 1. The third-order valence-corrected chi connectivity index (χ3v) is 2.58. The first kappa shape index (κ1) is 11.7. The Morgan fingerprint density at radius 3 is 3.29 bits per heavy atom. The van der Waals surface area contributed by atoms with Gasteiger partial charge >= 0.3 is 0 Å². The van der Waals surface area contributed by atoms with Gasteiger partial charge < -0.3 is 21.0 Å². The summed E-state index contributed by atoms with van der Waals surface area (Å²) in [5.74, 6) is 1.00. The normalized spacial score (nSPS) is 15.2. The number of aryl methyl sites for hydroxylation is 1. The van der Waals surface area contributed by atoms with Gasteiger partial charge in [0.05, 0.1) is 12.3 Å². The Morgan fingerprint density at radius 2 is 2.47 bits per heavy atom. The standard InChI is InChI=1S/C11H16N4O2/c12-10(15-16)7-17-6-9-4-3-8-2-1-5-13-11(8)14-9/h3-4,16H,1-2,5-7H2,(H2,12,15)(H,13,14). The Hall–Kier alpha value is -1.82. The van der Waals surface area contributed by atoms with Crippen LogP contribution in [0.4, 0.5) is 5.82 Å². The summed E-state index contributed by atoms with van der Waals surface area (Å²) in [5.41, 5.74) is 7.37. The van der Waals surface area contributed by atoms with Crippen LogP contribution in [0.5, 0.6) is 0 Å². The Bertz CT molecular complexity index is 420. The fraction of sp³-hybridized carbons (Fsp3) is 0.455. The van der Waals surface area contributed by atoms with E-state index in [4.69, 9.17) is 15.7 Å². The molecule has 2 rings (SSSR count). The molecule has 0 fully saturated rings. The minimum atomic E-state index is 0.0566. The van der Waals surface area contributed by atoms with Crippen molar-refractivity contribution in [1.82, 2.24) is 4.98 Å². The van der Waals surface area contributed by atoms with Crippen LogP contribution < -0.4 is 11.1 Å². The number of ether oxygens (including phenoxy) is 1. The molecular weight excluding hydrogens is 220 g/mol.